The summed E-state index contributed by atoms with van der Waals surface area (Å²) in [6, 6.07) is 25.3. The Morgan fingerprint density at radius 2 is 1.54 bits per heavy atom. The van der Waals surface area contributed by atoms with Crippen molar-refractivity contribution in [3.05, 3.63) is 107 Å². The molecule has 1 unspecified atom stereocenters. The second kappa shape index (κ2) is 10.3. The van der Waals surface area contributed by atoms with Crippen LogP contribution in [0, 0.1) is 17.1 Å². The summed E-state index contributed by atoms with van der Waals surface area (Å²) in [5, 5.41) is 12.5. The van der Waals surface area contributed by atoms with E-state index in [2.05, 4.69) is 5.32 Å². The van der Waals surface area contributed by atoms with Crippen LogP contribution in [0.15, 0.2) is 78.9 Å². The lowest BCUT2D eigenvalue weighted by Gasteiger charge is -2.34. The molecule has 3 aromatic rings. The first-order valence-corrected chi connectivity index (χ1v) is 12.5. The minimum Gasteiger partial charge on any atom is -0.342 e. The van der Waals surface area contributed by atoms with Gasteiger partial charge in [0.15, 0.2) is 5.79 Å². The lowest BCUT2D eigenvalue weighted by Crippen LogP contribution is -2.50. The van der Waals surface area contributed by atoms with Crippen LogP contribution >= 0.6 is 0 Å². The van der Waals surface area contributed by atoms with Crippen LogP contribution in [-0.2, 0) is 28.9 Å². The summed E-state index contributed by atoms with van der Waals surface area (Å²) in [4.78, 5) is 15.5. The van der Waals surface area contributed by atoms with Crippen molar-refractivity contribution in [3.63, 3.8) is 0 Å². The Morgan fingerprint density at radius 1 is 0.919 bits per heavy atom. The van der Waals surface area contributed by atoms with Crippen molar-refractivity contribution >= 4 is 6.03 Å². The van der Waals surface area contributed by atoms with Gasteiger partial charge in [-0.2, -0.15) is 5.26 Å². The van der Waals surface area contributed by atoms with Gasteiger partial charge in [-0.1, -0.05) is 66.7 Å². The fraction of sp³-hybridized carbons (Fsp3) is 0.333. The third-order valence-electron chi connectivity index (χ3n) is 7.00. The van der Waals surface area contributed by atoms with E-state index in [1.54, 1.807) is 11.0 Å². The first-order valence-electron chi connectivity index (χ1n) is 12.5. The molecule has 2 saturated heterocycles. The van der Waals surface area contributed by atoms with E-state index in [-0.39, 0.29) is 36.3 Å². The lowest BCUT2D eigenvalue weighted by molar-refractivity contribution is -0.154. The Kier molecular flexibility index (Phi) is 6.96. The van der Waals surface area contributed by atoms with E-state index in [9.17, 15) is 14.4 Å². The fourth-order valence-corrected chi connectivity index (χ4v) is 5.34. The summed E-state index contributed by atoms with van der Waals surface area (Å²) in [6.45, 7) is 3.99. The first kappa shape index (κ1) is 24.9. The molecule has 3 aromatic carbocycles. The molecule has 2 heterocycles. The minimum atomic E-state index is -0.823. The maximum Gasteiger partial charge on any atom is 0.318 e. The van der Waals surface area contributed by atoms with E-state index in [1.165, 1.54) is 12.1 Å². The van der Waals surface area contributed by atoms with Crippen molar-refractivity contribution in [3.8, 4) is 6.07 Å². The molecule has 2 aliphatic heterocycles. The number of hydrogen-bond acceptors (Lipinski definition) is 4. The summed E-state index contributed by atoms with van der Waals surface area (Å²) < 4.78 is 26.9. The molecule has 0 radical (unpaired) electrons. The van der Waals surface area contributed by atoms with Crippen molar-refractivity contribution in [1.29, 1.82) is 5.26 Å². The van der Waals surface area contributed by atoms with E-state index < -0.39 is 17.7 Å². The number of nitriles is 1. The largest absolute Gasteiger partial charge is 0.342 e. The Hall–Kier alpha value is -3.73. The average Bonchev–Trinajstić information content (AvgIpc) is 3.19. The van der Waals surface area contributed by atoms with Gasteiger partial charge in [0.25, 0.3) is 0 Å². The van der Waals surface area contributed by atoms with E-state index >= 15 is 0 Å². The van der Waals surface area contributed by atoms with Gasteiger partial charge >= 0.3 is 6.03 Å². The predicted molar refractivity (Wildman–Crippen MR) is 137 cm³/mol. The summed E-state index contributed by atoms with van der Waals surface area (Å²) in [5.41, 5.74) is 2.77. The van der Waals surface area contributed by atoms with Gasteiger partial charge in [0.05, 0.1) is 17.6 Å². The molecule has 2 amide bonds. The summed E-state index contributed by atoms with van der Waals surface area (Å²) >= 11 is 0. The molecule has 0 saturated carbocycles. The Labute approximate surface area is 216 Å². The molecule has 190 valence electrons. The summed E-state index contributed by atoms with van der Waals surface area (Å²) in [6.07, 6.45) is 0.368. The van der Waals surface area contributed by atoms with E-state index in [4.69, 9.17) is 9.47 Å². The van der Waals surface area contributed by atoms with Crippen LogP contribution in [0.4, 0.5) is 9.18 Å². The Bertz CT molecular complexity index is 1290. The molecule has 5 rings (SSSR count). The Morgan fingerprint density at radius 3 is 2.19 bits per heavy atom. The first-order chi connectivity index (χ1) is 17.8. The average molecular weight is 500 g/mol. The second-order valence-corrected chi connectivity index (χ2v) is 10.1. The SMILES string of the molecule is CC1(C)O[C@H]2[C@@H](Cc3ccccc3)N(Cc3ccc(F)c(C#N)c3)C(=O)NC(Cc3ccccc3)[C@@H]2O1. The number of urea groups is 1. The summed E-state index contributed by atoms with van der Waals surface area (Å²) in [5.74, 6) is -1.40. The van der Waals surface area contributed by atoms with Crippen LogP contribution in [0.2, 0.25) is 0 Å². The standard InChI is InChI=1S/C30H30FN3O3/c1-30(2)36-27-25(16-20-9-5-3-6-10-20)33-29(35)34(19-22-13-14-24(31)23(15-22)18-32)26(28(27)37-30)17-21-11-7-4-8-12-21/h3-15,25-28H,16-17,19H2,1-2H3,(H,33,35)/t25?,26-,27+,28+/m1/s1. The molecule has 0 aliphatic carbocycles. The maximum atomic E-state index is 14.0. The number of hydrogen-bond donors (Lipinski definition) is 1. The monoisotopic (exact) mass is 499 g/mol. The van der Waals surface area contributed by atoms with Crippen molar-refractivity contribution in [1.82, 2.24) is 10.2 Å². The van der Waals surface area contributed by atoms with Crippen LogP contribution in [0.3, 0.4) is 0 Å². The minimum absolute atomic E-state index is 0.0475. The van der Waals surface area contributed by atoms with Crippen LogP contribution in [0.25, 0.3) is 0 Å². The number of carbonyl (C=O) groups excluding carboxylic acids is 1. The molecule has 6 nitrogen and oxygen atoms in total. The second-order valence-electron chi connectivity index (χ2n) is 10.1. The molecular weight excluding hydrogens is 469 g/mol. The zero-order valence-corrected chi connectivity index (χ0v) is 20.9. The molecule has 2 aliphatic rings. The molecule has 7 heteroatoms. The Balaban J connectivity index is 1.54. The zero-order chi connectivity index (χ0) is 26.0. The molecule has 37 heavy (non-hydrogen) atoms. The van der Waals surface area contributed by atoms with Crippen LogP contribution in [-0.4, -0.2) is 41.0 Å². The van der Waals surface area contributed by atoms with Crippen molar-refractivity contribution < 1.29 is 18.7 Å². The quantitative estimate of drug-likeness (QED) is 0.520. The highest BCUT2D eigenvalue weighted by Gasteiger charge is 2.53. The van der Waals surface area contributed by atoms with Crippen molar-refractivity contribution in [2.75, 3.05) is 0 Å². The number of rotatable bonds is 6. The number of ether oxygens (including phenoxy) is 2. The normalized spacial score (nSPS) is 24.6. The van der Waals surface area contributed by atoms with Gasteiger partial charge in [-0.05, 0) is 55.5 Å². The molecule has 1 N–H and O–H groups in total. The number of halogens is 1. The van der Waals surface area contributed by atoms with Gasteiger partial charge in [-0.15, -0.1) is 0 Å². The van der Waals surface area contributed by atoms with Gasteiger partial charge < -0.3 is 19.7 Å². The van der Waals surface area contributed by atoms with Gasteiger partial charge in [0.2, 0.25) is 0 Å². The topological polar surface area (TPSA) is 74.6 Å². The van der Waals surface area contributed by atoms with Crippen molar-refractivity contribution in [2.24, 2.45) is 0 Å². The number of carbonyl (C=O) groups is 1. The highest BCUT2D eigenvalue weighted by atomic mass is 19.1. The maximum absolute atomic E-state index is 14.0. The third-order valence-corrected chi connectivity index (χ3v) is 7.00. The molecule has 0 spiro atoms. The number of benzene rings is 3. The highest BCUT2D eigenvalue weighted by Crippen LogP contribution is 2.37. The van der Waals surface area contributed by atoms with Gasteiger partial charge in [-0.3, -0.25) is 0 Å². The van der Waals surface area contributed by atoms with Gasteiger partial charge in [0, 0.05) is 6.54 Å². The third kappa shape index (κ3) is 5.51. The molecule has 2 fully saturated rings. The van der Waals surface area contributed by atoms with E-state index in [0.29, 0.717) is 18.4 Å². The van der Waals surface area contributed by atoms with Crippen LogP contribution in [0.5, 0.6) is 0 Å². The zero-order valence-electron chi connectivity index (χ0n) is 20.9. The van der Waals surface area contributed by atoms with Crippen molar-refractivity contribution in [2.45, 2.75) is 63.3 Å². The highest BCUT2D eigenvalue weighted by molar-refractivity contribution is 5.76. The summed E-state index contributed by atoms with van der Waals surface area (Å²) in [7, 11) is 0. The van der Waals surface area contributed by atoms with E-state index in [1.807, 2.05) is 80.6 Å². The smallest absolute Gasteiger partial charge is 0.318 e. The molecule has 4 atom stereocenters. The lowest BCUT2D eigenvalue weighted by atomic mass is 9.91. The fourth-order valence-electron chi connectivity index (χ4n) is 5.34. The number of nitrogens with zero attached hydrogens (tertiary/aromatic N) is 2. The van der Waals surface area contributed by atoms with E-state index in [0.717, 1.165) is 11.1 Å². The van der Waals surface area contributed by atoms with Gasteiger partial charge in [0.1, 0.15) is 24.1 Å². The predicted octanol–water partition coefficient (Wildman–Crippen LogP) is 4.97. The number of fused-ring (bicyclic) bond motifs is 1. The molecule has 0 bridgehead atoms. The number of amides is 2. The molecule has 0 aromatic heterocycles. The van der Waals surface area contributed by atoms with Crippen LogP contribution in [0.1, 0.15) is 36.1 Å². The van der Waals surface area contributed by atoms with Gasteiger partial charge in [-0.25, -0.2) is 9.18 Å². The molecular formula is C30H30FN3O3. The van der Waals surface area contributed by atoms with Crippen LogP contribution < -0.4 is 5.32 Å². The number of nitrogens with one attached hydrogen (secondary N) is 1.